The molecule has 2 aromatic heterocycles. The summed E-state index contributed by atoms with van der Waals surface area (Å²) in [5.74, 6) is 0. The van der Waals surface area contributed by atoms with Gasteiger partial charge in [-0.3, -0.25) is 9.59 Å². The minimum atomic E-state index is 0.763. The molecule has 0 aliphatic carbocycles. The Morgan fingerprint density at radius 3 is 1.62 bits per heavy atom. The van der Waals surface area contributed by atoms with E-state index in [1.165, 1.54) is 0 Å². The lowest BCUT2D eigenvalue weighted by molar-refractivity contribution is 0.111. The summed E-state index contributed by atoms with van der Waals surface area (Å²) in [4.78, 5) is 23.1. The maximum absolute atomic E-state index is 11.7. The number of fused-ring (bicyclic) bond motifs is 2. The number of aryl methyl sites for hydroxylation is 2. The first-order chi connectivity index (χ1) is 19.2. The number of hydrogen-bond donors (Lipinski definition) is 0. The molecule has 0 saturated heterocycles. The standard InChI is InChI=1S/C19H19NO.C16H13NO/c1-2-3-13-20-18-12-8-7-11-16(18)17(14-21)19(20)15-9-5-4-6-10-15;1-17-15-10-6-5-9-13(15)14(11-18)16(17)12-7-3-2-4-8-12/h4-12,14H,2-3,13H2,1H3;2-11H,1H3. The van der Waals surface area contributed by atoms with Crippen molar-refractivity contribution in [2.24, 2.45) is 7.05 Å². The zero-order valence-corrected chi connectivity index (χ0v) is 22.4. The second-order valence-corrected chi connectivity index (χ2v) is 9.59. The number of benzene rings is 4. The van der Waals surface area contributed by atoms with E-state index in [0.717, 1.165) is 87.4 Å². The van der Waals surface area contributed by atoms with Crippen LogP contribution >= 0.6 is 0 Å². The van der Waals surface area contributed by atoms with Gasteiger partial charge < -0.3 is 9.13 Å². The van der Waals surface area contributed by atoms with Crippen LogP contribution in [0.3, 0.4) is 0 Å². The second-order valence-electron chi connectivity index (χ2n) is 9.59. The number of nitrogens with zero attached hydrogens (tertiary/aromatic N) is 2. The minimum absolute atomic E-state index is 0.763. The van der Waals surface area contributed by atoms with E-state index in [1.54, 1.807) is 0 Å². The van der Waals surface area contributed by atoms with Gasteiger partial charge in [0.1, 0.15) is 0 Å². The van der Waals surface area contributed by atoms with Gasteiger partial charge in [0.15, 0.2) is 12.6 Å². The predicted octanol–water partition coefficient (Wildman–Crippen LogP) is 8.58. The van der Waals surface area contributed by atoms with Crippen LogP contribution in [0.5, 0.6) is 0 Å². The fourth-order valence-corrected chi connectivity index (χ4v) is 5.39. The topological polar surface area (TPSA) is 44.0 Å². The smallest absolute Gasteiger partial charge is 0.152 e. The third-order valence-corrected chi connectivity index (χ3v) is 7.22. The fourth-order valence-electron chi connectivity index (χ4n) is 5.39. The summed E-state index contributed by atoms with van der Waals surface area (Å²) in [6, 6.07) is 36.4. The lowest BCUT2D eigenvalue weighted by Crippen LogP contribution is -2.01. The molecule has 0 aliphatic heterocycles. The van der Waals surface area contributed by atoms with Gasteiger partial charge in [-0.2, -0.15) is 0 Å². The van der Waals surface area contributed by atoms with Gasteiger partial charge in [-0.15, -0.1) is 0 Å². The average Bonchev–Trinajstić information content (AvgIpc) is 3.48. The van der Waals surface area contributed by atoms with E-state index in [1.807, 2.05) is 98.0 Å². The molecule has 0 saturated carbocycles. The van der Waals surface area contributed by atoms with E-state index in [9.17, 15) is 9.59 Å². The predicted molar refractivity (Wildman–Crippen MR) is 161 cm³/mol. The molecule has 194 valence electrons. The van der Waals surface area contributed by atoms with Crippen molar-refractivity contribution in [2.75, 3.05) is 0 Å². The Labute approximate surface area is 229 Å². The number of aromatic nitrogens is 2. The zero-order chi connectivity index (χ0) is 27.2. The molecule has 6 aromatic rings. The molecule has 0 N–H and O–H groups in total. The number of carbonyl (C=O) groups is 2. The van der Waals surface area contributed by atoms with Gasteiger partial charge in [0.25, 0.3) is 0 Å². The molecule has 2 heterocycles. The van der Waals surface area contributed by atoms with Crippen LogP contribution in [0, 0.1) is 0 Å². The molecule has 0 unspecified atom stereocenters. The molecule has 0 bridgehead atoms. The zero-order valence-electron chi connectivity index (χ0n) is 22.4. The highest BCUT2D eigenvalue weighted by Crippen LogP contribution is 2.33. The minimum Gasteiger partial charge on any atom is -0.343 e. The van der Waals surface area contributed by atoms with Crippen LogP contribution in [0.4, 0.5) is 0 Å². The molecule has 0 aliphatic rings. The van der Waals surface area contributed by atoms with Crippen LogP contribution in [0.15, 0.2) is 109 Å². The van der Waals surface area contributed by atoms with E-state index in [0.29, 0.717) is 0 Å². The molecule has 0 spiro atoms. The first-order valence-corrected chi connectivity index (χ1v) is 13.4. The molecular formula is C35H32N2O2. The fraction of sp³-hybridized carbons (Fsp3) is 0.143. The summed E-state index contributed by atoms with van der Waals surface area (Å²) < 4.78 is 4.37. The molecule has 0 amide bonds. The molecular weight excluding hydrogens is 480 g/mol. The van der Waals surface area contributed by atoms with Gasteiger partial charge in [-0.05, 0) is 29.7 Å². The van der Waals surface area contributed by atoms with Gasteiger partial charge in [0.05, 0.1) is 11.4 Å². The van der Waals surface area contributed by atoms with E-state index in [-0.39, 0.29) is 0 Å². The van der Waals surface area contributed by atoms with Crippen LogP contribution in [-0.2, 0) is 13.6 Å². The number of carbonyl (C=O) groups excluding carboxylic acids is 2. The largest absolute Gasteiger partial charge is 0.343 e. The van der Waals surface area contributed by atoms with Crippen molar-refractivity contribution < 1.29 is 9.59 Å². The van der Waals surface area contributed by atoms with E-state index in [2.05, 4.69) is 34.3 Å². The van der Waals surface area contributed by atoms with Crippen molar-refractivity contribution in [1.29, 1.82) is 0 Å². The monoisotopic (exact) mass is 512 g/mol. The summed E-state index contributed by atoms with van der Waals surface area (Å²) in [6.07, 6.45) is 4.19. The quantitative estimate of drug-likeness (QED) is 0.201. The van der Waals surface area contributed by atoms with Crippen molar-refractivity contribution in [3.05, 3.63) is 120 Å². The number of aldehydes is 2. The summed E-state index contributed by atoms with van der Waals surface area (Å²) in [6.45, 7) is 3.13. The van der Waals surface area contributed by atoms with Crippen molar-refractivity contribution in [3.63, 3.8) is 0 Å². The number of rotatable bonds is 7. The third-order valence-electron chi connectivity index (χ3n) is 7.22. The van der Waals surface area contributed by atoms with Gasteiger partial charge in [-0.25, -0.2) is 0 Å². The number of para-hydroxylation sites is 2. The Kier molecular flexibility index (Phi) is 7.83. The molecule has 4 aromatic carbocycles. The molecule has 39 heavy (non-hydrogen) atoms. The number of hydrogen-bond acceptors (Lipinski definition) is 2. The Morgan fingerprint density at radius 2 is 1.05 bits per heavy atom. The Bertz CT molecular complexity index is 1730. The lowest BCUT2D eigenvalue weighted by atomic mass is 10.1. The summed E-state index contributed by atoms with van der Waals surface area (Å²) in [5, 5.41) is 2.05. The molecule has 0 radical (unpaired) electrons. The van der Waals surface area contributed by atoms with E-state index < -0.39 is 0 Å². The molecule has 4 nitrogen and oxygen atoms in total. The SMILES string of the molecule is CCCCn1c(-c2ccccc2)c(C=O)c2ccccc21.Cn1c(-c2ccccc2)c(C=O)c2ccccc21. The maximum Gasteiger partial charge on any atom is 0.152 e. The van der Waals surface area contributed by atoms with Gasteiger partial charge >= 0.3 is 0 Å². The van der Waals surface area contributed by atoms with Crippen LogP contribution in [0.1, 0.15) is 40.5 Å². The van der Waals surface area contributed by atoms with Crippen LogP contribution in [-0.4, -0.2) is 21.7 Å². The molecule has 0 fully saturated rings. The third kappa shape index (κ3) is 4.94. The number of unbranched alkanes of at least 4 members (excludes halogenated alkanes) is 1. The van der Waals surface area contributed by atoms with Crippen molar-refractivity contribution in [1.82, 2.24) is 9.13 Å². The lowest BCUT2D eigenvalue weighted by Gasteiger charge is -2.11. The van der Waals surface area contributed by atoms with Crippen molar-refractivity contribution in [3.8, 4) is 22.5 Å². The maximum atomic E-state index is 11.7. The van der Waals surface area contributed by atoms with Gasteiger partial charge in [-0.1, -0.05) is 110 Å². The second kappa shape index (κ2) is 11.8. The highest BCUT2D eigenvalue weighted by Gasteiger charge is 2.17. The Balaban J connectivity index is 0.000000160. The first-order valence-electron chi connectivity index (χ1n) is 13.4. The highest BCUT2D eigenvalue weighted by atomic mass is 16.1. The molecule has 0 atom stereocenters. The molecule has 6 rings (SSSR count). The highest BCUT2D eigenvalue weighted by molar-refractivity contribution is 6.05. The summed E-state index contributed by atoms with van der Waals surface area (Å²) >= 11 is 0. The first kappa shape index (κ1) is 25.9. The van der Waals surface area contributed by atoms with Gasteiger partial charge in [0.2, 0.25) is 0 Å². The Morgan fingerprint density at radius 1 is 0.590 bits per heavy atom. The van der Waals surface area contributed by atoms with E-state index >= 15 is 0 Å². The van der Waals surface area contributed by atoms with Gasteiger partial charge in [0, 0.05) is 46.5 Å². The van der Waals surface area contributed by atoms with Crippen molar-refractivity contribution >= 4 is 34.4 Å². The summed E-state index contributed by atoms with van der Waals surface area (Å²) in [7, 11) is 2.00. The van der Waals surface area contributed by atoms with Crippen LogP contribution in [0.25, 0.3) is 44.3 Å². The van der Waals surface area contributed by atoms with Crippen LogP contribution < -0.4 is 0 Å². The van der Waals surface area contributed by atoms with E-state index in [4.69, 9.17) is 0 Å². The normalized spacial score (nSPS) is 10.8. The molecule has 4 heteroatoms. The average molecular weight is 513 g/mol. The Hall–Kier alpha value is -4.70. The summed E-state index contributed by atoms with van der Waals surface area (Å²) in [5.41, 5.74) is 7.98. The van der Waals surface area contributed by atoms with Crippen molar-refractivity contribution in [2.45, 2.75) is 26.3 Å². The van der Waals surface area contributed by atoms with Crippen LogP contribution in [0.2, 0.25) is 0 Å².